The molecular formula is C28H33ClN4O4S. The van der Waals surface area contributed by atoms with Gasteiger partial charge in [-0.05, 0) is 70.1 Å². The van der Waals surface area contributed by atoms with Crippen molar-refractivity contribution in [1.82, 2.24) is 14.7 Å². The van der Waals surface area contributed by atoms with Crippen LogP contribution < -0.4 is 5.32 Å². The molecule has 3 heterocycles. The number of likely N-dealkylation sites (tertiary alicyclic amines) is 2. The Morgan fingerprint density at radius 1 is 1.08 bits per heavy atom. The second kappa shape index (κ2) is 11.8. The molecule has 3 aliphatic heterocycles. The van der Waals surface area contributed by atoms with E-state index in [1.54, 1.807) is 24.3 Å². The lowest BCUT2D eigenvalue weighted by Crippen LogP contribution is -2.49. The number of aliphatic hydroxyl groups is 1. The van der Waals surface area contributed by atoms with Gasteiger partial charge in [0.05, 0.1) is 35.0 Å². The SMILES string of the molecule is O=C(Nc1cccc2c1C(=O)N(CC(O)CN1CCC(N3CCCCC3)CC1)C2=O)C1=CC(Cl)=CCC1=S. The number of fused-ring (bicyclic) bond motifs is 1. The van der Waals surface area contributed by atoms with Crippen LogP contribution in [0.5, 0.6) is 0 Å². The van der Waals surface area contributed by atoms with Gasteiger partial charge in [0.15, 0.2) is 0 Å². The van der Waals surface area contributed by atoms with Crippen LogP contribution in [0.3, 0.4) is 0 Å². The number of carbonyl (C=O) groups is 3. The predicted octanol–water partition coefficient (Wildman–Crippen LogP) is 3.36. The lowest BCUT2D eigenvalue weighted by Gasteiger charge is -2.40. The van der Waals surface area contributed by atoms with Crippen molar-refractivity contribution >= 4 is 52.1 Å². The fourth-order valence-electron chi connectivity index (χ4n) is 5.88. The summed E-state index contributed by atoms with van der Waals surface area (Å²) >= 11 is 11.3. The van der Waals surface area contributed by atoms with Gasteiger partial charge >= 0.3 is 0 Å². The lowest BCUT2D eigenvalue weighted by atomic mass is 9.99. The molecule has 5 rings (SSSR count). The largest absolute Gasteiger partial charge is 0.390 e. The zero-order chi connectivity index (χ0) is 26.8. The van der Waals surface area contributed by atoms with Crippen LogP contribution in [0.15, 0.2) is 41.0 Å². The topological polar surface area (TPSA) is 93.2 Å². The van der Waals surface area contributed by atoms with E-state index in [9.17, 15) is 19.5 Å². The molecule has 202 valence electrons. The van der Waals surface area contributed by atoms with Crippen LogP contribution in [0.4, 0.5) is 5.69 Å². The Morgan fingerprint density at radius 3 is 2.55 bits per heavy atom. The summed E-state index contributed by atoms with van der Waals surface area (Å²) in [6, 6.07) is 5.37. The number of halogens is 1. The van der Waals surface area contributed by atoms with Gasteiger partial charge in [-0.1, -0.05) is 42.4 Å². The van der Waals surface area contributed by atoms with Crippen molar-refractivity contribution < 1.29 is 19.5 Å². The summed E-state index contributed by atoms with van der Waals surface area (Å²) in [7, 11) is 0. The maximum absolute atomic E-state index is 13.3. The van der Waals surface area contributed by atoms with Crippen LogP contribution in [0.25, 0.3) is 0 Å². The van der Waals surface area contributed by atoms with E-state index in [2.05, 4.69) is 15.1 Å². The Bertz CT molecular complexity index is 1200. The van der Waals surface area contributed by atoms with E-state index in [4.69, 9.17) is 23.8 Å². The highest BCUT2D eigenvalue weighted by molar-refractivity contribution is 7.81. The van der Waals surface area contributed by atoms with Crippen LogP contribution in [0.2, 0.25) is 0 Å². The minimum Gasteiger partial charge on any atom is -0.390 e. The number of allylic oxidation sites excluding steroid dienone is 3. The minimum atomic E-state index is -0.861. The first-order chi connectivity index (χ1) is 18.3. The molecule has 3 amide bonds. The van der Waals surface area contributed by atoms with Crippen molar-refractivity contribution in [2.45, 2.75) is 50.7 Å². The van der Waals surface area contributed by atoms with Crippen molar-refractivity contribution in [2.24, 2.45) is 0 Å². The molecule has 0 bridgehead atoms. The predicted molar refractivity (Wildman–Crippen MR) is 151 cm³/mol. The number of hydrogen-bond donors (Lipinski definition) is 2. The second-order valence-corrected chi connectivity index (χ2v) is 11.4. The summed E-state index contributed by atoms with van der Waals surface area (Å²) in [6.45, 7) is 4.47. The number of β-amino-alcohol motifs (C(OH)–C–C–N with tert-alkyl or cyclic N) is 1. The molecule has 8 nitrogen and oxygen atoms in total. The van der Waals surface area contributed by atoms with E-state index in [0.29, 0.717) is 28.9 Å². The van der Waals surface area contributed by atoms with Crippen molar-refractivity contribution in [3.05, 3.63) is 52.1 Å². The van der Waals surface area contributed by atoms with E-state index >= 15 is 0 Å². The number of aliphatic hydroxyl groups excluding tert-OH is 1. The van der Waals surface area contributed by atoms with Crippen molar-refractivity contribution in [2.75, 3.05) is 44.6 Å². The van der Waals surface area contributed by atoms with Gasteiger partial charge in [-0.2, -0.15) is 0 Å². The van der Waals surface area contributed by atoms with E-state index in [1.807, 2.05) is 0 Å². The first-order valence-corrected chi connectivity index (χ1v) is 14.2. The number of nitrogens with zero attached hydrogens (tertiary/aromatic N) is 3. The zero-order valence-corrected chi connectivity index (χ0v) is 22.9. The lowest BCUT2D eigenvalue weighted by molar-refractivity contribution is -0.112. The Balaban J connectivity index is 1.20. The molecule has 2 N–H and O–H groups in total. The number of rotatable bonds is 7. The average molecular weight is 557 g/mol. The molecule has 0 saturated carbocycles. The zero-order valence-electron chi connectivity index (χ0n) is 21.3. The number of piperidine rings is 2. The Labute approximate surface area is 233 Å². The molecule has 1 aliphatic carbocycles. The van der Waals surface area contributed by atoms with Crippen molar-refractivity contribution in [3.63, 3.8) is 0 Å². The monoisotopic (exact) mass is 556 g/mol. The summed E-state index contributed by atoms with van der Waals surface area (Å²) in [6.07, 6.45) is 8.78. The fourth-order valence-corrected chi connectivity index (χ4v) is 6.30. The Kier molecular flexibility index (Phi) is 8.40. The van der Waals surface area contributed by atoms with Gasteiger partial charge in [0.25, 0.3) is 17.7 Å². The first kappa shape index (κ1) is 27.1. The van der Waals surface area contributed by atoms with Crippen LogP contribution >= 0.6 is 23.8 Å². The molecule has 0 aromatic heterocycles. The van der Waals surface area contributed by atoms with Gasteiger partial charge in [0.2, 0.25) is 0 Å². The number of benzene rings is 1. The number of carbonyl (C=O) groups excluding carboxylic acids is 3. The van der Waals surface area contributed by atoms with Gasteiger partial charge in [0.1, 0.15) is 0 Å². The Morgan fingerprint density at radius 2 is 1.82 bits per heavy atom. The summed E-state index contributed by atoms with van der Waals surface area (Å²) < 4.78 is 0. The fraction of sp³-hybridized carbons (Fsp3) is 0.500. The second-order valence-electron chi connectivity index (χ2n) is 10.5. The Hall–Kier alpha value is -2.43. The molecule has 1 aromatic rings. The highest BCUT2D eigenvalue weighted by Crippen LogP contribution is 2.31. The number of hydrogen-bond acceptors (Lipinski definition) is 7. The maximum atomic E-state index is 13.3. The first-order valence-electron chi connectivity index (χ1n) is 13.4. The van der Waals surface area contributed by atoms with Crippen LogP contribution in [0, 0.1) is 0 Å². The van der Waals surface area contributed by atoms with Crippen molar-refractivity contribution in [3.8, 4) is 0 Å². The quantitative estimate of drug-likeness (QED) is 0.393. The molecule has 0 spiro atoms. The average Bonchev–Trinajstić information content (AvgIpc) is 3.16. The number of anilines is 1. The number of amides is 3. The third kappa shape index (κ3) is 5.77. The summed E-state index contributed by atoms with van der Waals surface area (Å²) in [5.74, 6) is -1.48. The van der Waals surface area contributed by atoms with Crippen LogP contribution in [0.1, 0.15) is 59.2 Å². The standard InChI is InChI=1S/C28H33ClN4O4S/c29-18-7-8-24(38)22(15-18)26(35)30-23-6-4-5-21-25(23)28(37)33(27(21)36)17-20(34)16-31-13-9-19(10-14-31)32-11-2-1-3-12-32/h4-7,15,19-20,34H,1-3,8-14,16-17H2,(H,30,35). The summed E-state index contributed by atoms with van der Waals surface area (Å²) in [4.78, 5) is 45.7. The molecule has 1 atom stereocenters. The molecule has 0 radical (unpaired) electrons. The summed E-state index contributed by atoms with van der Waals surface area (Å²) in [5, 5.41) is 14.0. The van der Waals surface area contributed by atoms with Gasteiger partial charge in [0, 0.05) is 28.9 Å². The molecule has 4 aliphatic rings. The van der Waals surface area contributed by atoms with Crippen molar-refractivity contribution in [1.29, 1.82) is 0 Å². The normalized spacial score (nSPS) is 22.3. The van der Waals surface area contributed by atoms with E-state index < -0.39 is 23.8 Å². The van der Waals surface area contributed by atoms with E-state index in [-0.39, 0.29) is 28.9 Å². The van der Waals surface area contributed by atoms with Gasteiger partial charge in [-0.3, -0.25) is 19.3 Å². The maximum Gasteiger partial charge on any atom is 0.263 e. The molecule has 38 heavy (non-hydrogen) atoms. The van der Waals surface area contributed by atoms with Crippen LogP contribution in [-0.4, -0.2) is 93.8 Å². The molecule has 2 fully saturated rings. The van der Waals surface area contributed by atoms with Gasteiger partial charge in [-0.25, -0.2) is 0 Å². The smallest absolute Gasteiger partial charge is 0.263 e. The van der Waals surface area contributed by atoms with Crippen LogP contribution in [-0.2, 0) is 4.79 Å². The highest BCUT2D eigenvalue weighted by atomic mass is 35.5. The molecule has 1 aromatic carbocycles. The number of nitrogens with one attached hydrogen (secondary N) is 1. The summed E-state index contributed by atoms with van der Waals surface area (Å²) in [5.41, 5.74) is 0.833. The highest BCUT2D eigenvalue weighted by Gasteiger charge is 2.39. The third-order valence-electron chi connectivity index (χ3n) is 7.88. The van der Waals surface area contributed by atoms with Gasteiger partial charge < -0.3 is 20.2 Å². The van der Waals surface area contributed by atoms with E-state index in [1.165, 1.54) is 38.4 Å². The molecular weight excluding hydrogens is 524 g/mol. The molecule has 2 saturated heterocycles. The van der Waals surface area contributed by atoms with Gasteiger partial charge in [-0.15, -0.1) is 0 Å². The minimum absolute atomic E-state index is 0.0958. The third-order valence-corrected chi connectivity index (χ3v) is 8.53. The molecule has 10 heteroatoms. The molecule has 1 unspecified atom stereocenters. The van der Waals surface area contributed by atoms with E-state index in [0.717, 1.165) is 30.8 Å². The number of thiocarbonyl (C=S) groups is 1. The number of imide groups is 1.